The fraction of sp³-hybridized carbons (Fsp3) is 0.682. The number of nitrogens with zero attached hydrogens (tertiary/aromatic N) is 2. The van der Waals surface area contributed by atoms with Crippen molar-refractivity contribution in [3.8, 4) is 5.75 Å². The molecule has 4 rings (SSSR count). The summed E-state index contributed by atoms with van der Waals surface area (Å²) in [5.74, 6) is 1.18. The minimum absolute atomic E-state index is 0.222. The molecular formula is C22H33N3O3. The Morgan fingerprint density at radius 1 is 1.11 bits per heavy atom. The van der Waals surface area contributed by atoms with E-state index in [1.807, 2.05) is 6.07 Å². The Balaban J connectivity index is 1.34. The smallest absolute Gasteiger partial charge is 0.240 e. The molecule has 1 aromatic rings. The Hall–Kier alpha value is -1.63. The molecule has 28 heavy (non-hydrogen) atoms. The van der Waals surface area contributed by atoms with Crippen molar-refractivity contribution in [3.05, 3.63) is 29.8 Å². The fourth-order valence-corrected chi connectivity index (χ4v) is 4.84. The predicted molar refractivity (Wildman–Crippen MR) is 108 cm³/mol. The topological polar surface area (TPSA) is 54.0 Å². The van der Waals surface area contributed by atoms with Crippen LogP contribution in [-0.2, 0) is 16.1 Å². The highest BCUT2D eigenvalue weighted by Gasteiger charge is 2.48. The first kappa shape index (κ1) is 19.7. The van der Waals surface area contributed by atoms with E-state index in [1.165, 1.54) is 5.56 Å². The second kappa shape index (κ2) is 9.25. The molecule has 3 heterocycles. The summed E-state index contributed by atoms with van der Waals surface area (Å²) in [4.78, 5) is 17.5. The lowest BCUT2D eigenvalue weighted by molar-refractivity contribution is -0.134. The summed E-state index contributed by atoms with van der Waals surface area (Å²) in [5, 5.41) is 3.09. The number of amides is 1. The van der Waals surface area contributed by atoms with Gasteiger partial charge in [-0.3, -0.25) is 14.6 Å². The number of para-hydroxylation sites is 1. The summed E-state index contributed by atoms with van der Waals surface area (Å²) in [6.07, 6.45) is 5.13. The monoisotopic (exact) mass is 387 g/mol. The molecule has 0 radical (unpaired) electrons. The van der Waals surface area contributed by atoms with Crippen molar-refractivity contribution in [2.75, 3.05) is 52.5 Å². The second-order valence-electron chi connectivity index (χ2n) is 8.18. The maximum Gasteiger partial charge on any atom is 0.240 e. The van der Waals surface area contributed by atoms with Gasteiger partial charge in [0.25, 0.3) is 0 Å². The van der Waals surface area contributed by atoms with Gasteiger partial charge in [-0.25, -0.2) is 0 Å². The Morgan fingerprint density at radius 3 is 2.79 bits per heavy atom. The molecular weight excluding hydrogens is 354 g/mol. The third-order valence-corrected chi connectivity index (χ3v) is 6.41. The fourth-order valence-electron chi connectivity index (χ4n) is 4.84. The highest BCUT2D eigenvalue weighted by Crippen LogP contribution is 2.37. The van der Waals surface area contributed by atoms with Crippen molar-refractivity contribution in [1.82, 2.24) is 15.1 Å². The molecule has 0 bridgehead atoms. The zero-order chi connectivity index (χ0) is 19.2. The van der Waals surface area contributed by atoms with Gasteiger partial charge in [0.05, 0.1) is 19.8 Å². The van der Waals surface area contributed by atoms with Crippen molar-refractivity contribution in [2.45, 2.75) is 44.2 Å². The van der Waals surface area contributed by atoms with Crippen molar-refractivity contribution >= 4 is 5.91 Å². The van der Waals surface area contributed by atoms with E-state index in [1.54, 1.807) is 0 Å². The molecule has 3 aliphatic rings. The van der Waals surface area contributed by atoms with Gasteiger partial charge in [-0.15, -0.1) is 0 Å². The average Bonchev–Trinajstić information content (AvgIpc) is 3.12. The standard InChI is InChI=1S/C22H33N3O3/c26-21-22(8-3-10-23-21)9-4-12-25(22)18-19-6-1-2-7-20(19)28-15-5-11-24-13-16-27-17-14-24/h1-2,6-7H,3-5,8-18H2,(H,23,26). The Kier molecular flexibility index (Phi) is 6.50. The molecule has 1 spiro atoms. The molecule has 3 aliphatic heterocycles. The van der Waals surface area contributed by atoms with Gasteiger partial charge in [-0.2, -0.15) is 0 Å². The Bertz CT molecular complexity index is 662. The van der Waals surface area contributed by atoms with Gasteiger partial charge in [-0.1, -0.05) is 18.2 Å². The average molecular weight is 388 g/mol. The molecule has 1 unspecified atom stereocenters. The highest BCUT2D eigenvalue weighted by molar-refractivity contribution is 5.87. The largest absolute Gasteiger partial charge is 0.493 e. The SMILES string of the molecule is O=C1NCCCC12CCCN2Cc1ccccc1OCCCN1CCOCC1. The lowest BCUT2D eigenvalue weighted by Gasteiger charge is -2.40. The molecule has 0 aliphatic carbocycles. The quantitative estimate of drug-likeness (QED) is 0.726. The minimum Gasteiger partial charge on any atom is -0.493 e. The van der Waals surface area contributed by atoms with Crippen molar-refractivity contribution in [1.29, 1.82) is 0 Å². The number of likely N-dealkylation sites (tertiary alicyclic amines) is 1. The van der Waals surface area contributed by atoms with Gasteiger partial charge >= 0.3 is 0 Å². The number of hydrogen-bond donors (Lipinski definition) is 1. The summed E-state index contributed by atoms with van der Waals surface area (Å²) in [6.45, 7) is 8.10. The minimum atomic E-state index is -0.304. The lowest BCUT2D eigenvalue weighted by Crippen LogP contribution is -2.58. The summed E-state index contributed by atoms with van der Waals surface area (Å²) in [7, 11) is 0. The third kappa shape index (κ3) is 4.34. The number of benzene rings is 1. The van der Waals surface area contributed by atoms with Crippen LogP contribution in [0.4, 0.5) is 0 Å². The maximum absolute atomic E-state index is 12.7. The maximum atomic E-state index is 12.7. The van der Waals surface area contributed by atoms with Crippen LogP contribution in [0.1, 0.15) is 37.7 Å². The predicted octanol–water partition coefficient (Wildman–Crippen LogP) is 2.03. The van der Waals surface area contributed by atoms with Gasteiger partial charge in [0, 0.05) is 38.3 Å². The molecule has 1 aromatic carbocycles. The van der Waals surface area contributed by atoms with Crippen LogP contribution in [0.3, 0.4) is 0 Å². The van der Waals surface area contributed by atoms with Crippen LogP contribution in [0.15, 0.2) is 24.3 Å². The van der Waals surface area contributed by atoms with Crippen LogP contribution in [0.5, 0.6) is 5.75 Å². The number of morpholine rings is 1. The van der Waals surface area contributed by atoms with E-state index in [0.29, 0.717) is 0 Å². The molecule has 3 saturated heterocycles. The van der Waals surface area contributed by atoms with Crippen LogP contribution >= 0.6 is 0 Å². The molecule has 154 valence electrons. The van der Waals surface area contributed by atoms with Crippen LogP contribution in [-0.4, -0.2) is 73.8 Å². The van der Waals surface area contributed by atoms with Gasteiger partial charge in [0.15, 0.2) is 0 Å². The van der Waals surface area contributed by atoms with E-state index in [0.717, 1.165) is 96.9 Å². The third-order valence-electron chi connectivity index (χ3n) is 6.41. The number of carbonyl (C=O) groups is 1. The molecule has 3 fully saturated rings. The molecule has 0 saturated carbocycles. The number of carbonyl (C=O) groups excluding carboxylic acids is 1. The Labute approximate surface area is 168 Å². The second-order valence-corrected chi connectivity index (χ2v) is 8.18. The normalized spacial score (nSPS) is 26.5. The zero-order valence-corrected chi connectivity index (χ0v) is 16.8. The van der Waals surface area contributed by atoms with E-state index in [2.05, 4.69) is 33.3 Å². The summed E-state index contributed by atoms with van der Waals surface area (Å²) >= 11 is 0. The van der Waals surface area contributed by atoms with Crippen molar-refractivity contribution in [2.24, 2.45) is 0 Å². The van der Waals surface area contributed by atoms with Crippen molar-refractivity contribution in [3.63, 3.8) is 0 Å². The van der Waals surface area contributed by atoms with Gasteiger partial charge < -0.3 is 14.8 Å². The van der Waals surface area contributed by atoms with Gasteiger partial charge in [0.1, 0.15) is 11.3 Å². The molecule has 1 N–H and O–H groups in total. The number of nitrogens with one attached hydrogen (secondary N) is 1. The van der Waals surface area contributed by atoms with E-state index < -0.39 is 0 Å². The van der Waals surface area contributed by atoms with E-state index in [-0.39, 0.29) is 11.4 Å². The van der Waals surface area contributed by atoms with E-state index >= 15 is 0 Å². The van der Waals surface area contributed by atoms with E-state index in [4.69, 9.17) is 9.47 Å². The Morgan fingerprint density at radius 2 is 1.93 bits per heavy atom. The van der Waals surface area contributed by atoms with Crippen LogP contribution in [0, 0.1) is 0 Å². The first-order valence-electron chi connectivity index (χ1n) is 10.8. The number of rotatable bonds is 7. The van der Waals surface area contributed by atoms with Crippen LogP contribution in [0.25, 0.3) is 0 Å². The molecule has 6 heteroatoms. The molecule has 1 amide bonds. The van der Waals surface area contributed by atoms with Gasteiger partial charge in [-0.05, 0) is 44.7 Å². The summed E-state index contributed by atoms with van der Waals surface area (Å²) in [6, 6.07) is 8.31. The number of piperidine rings is 1. The first-order valence-corrected chi connectivity index (χ1v) is 10.8. The number of ether oxygens (including phenoxy) is 2. The van der Waals surface area contributed by atoms with E-state index in [9.17, 15) is 4.79 Å². The first-order chi connectivity index (χ1) is 13.8. The lowest BCUT2D eigenvalue weighted by atomic mass is 9.86. The van der Waals surface area contributed by atoms with Gasteiger partial charge in [0.2, 0.25) is 5.91 Å². The molecule has 6 nitrogen and oxygen atoms in total. The molecule has 0 aromatic heterocycles. The summed E-state index contributed by atoms with van der Waals surface area (Å²) in [5.41, 5.74) is 0.885. The van der Waals surface area contributed by atoms with Crippen LogP contribution in [0.2, 0.25) is 0 Å². The zero-order valence-electron chi connectivity index (χ0n) is 16.8. The molecule has 1 atom stereocenters. The van der Waals surface area contributed by atoms with Crippen molar-refractivity contribution < 1.29 is 14.3 Å². The van der Waals surface area contributed by atoms with Crippen LogP contribution < -0.4 is 10.1 Å². The highest BCUT2D eigenvalue weighted by atomic mass is 16.5. The number of hydrogen-bond acceptors (Lipinski definition) is 5. The summed E-state index contributed by atoms with van der Waals surface area (Å²) < 4.78 is 11.6.